The molecule has 0 aliphatic heterocycles. The Bertz CT molecular complexity index is 211. The third-order valence-corrected chi connectivity index (χ3v) is 1.93. The number of aliphatic hydroxyl groups is 1. The molecule has 0 radical (unpaired) electrons. The predicted octanol–water partition coefficient (Wildman–Crippen LogP) is 2.27. The minimum Gasteiger partial charge on any atom is -0.393 e. The monoisotopic (exact) mass is 185 g/mol. The Labute approximate surface area is 77.2 Å². The third-order valence-electron chi connectivity index (χ3n) is 1.70. The molecule has 1 saturated carbocycles. The van der Waals surface area contributed by atoms with E-state index in [9.17, 15) is 0 Å². The average molecular weight is 186 g/mol. The van der Waals surface area contributed by atoms with Crippen molar-refractivity contribution >= 4 is 11.6 Å². The standard InChI is InChI=1S/C5H4ClN.C4H8O/c6-5-3-1-2-4-7-5;5-4-2-1-3-4/h1-4H;4-5H,1-3H2. The molecule has 0 unspecified atom stereocenters. The van der Waals surface area contributed by atoms with Gasteiger partial charge in [0.1, 0.15) is 5.15 Å². The number of nitrogens with zero attached hydrogens (tertiary/aromatic N) is 1. The van der Waals surface area contributed by atoms with Gasteiger partial charge in [-0.3, -0.25) is 0 Å². The van der Waals surface area contributed by atoms with Crippen LogP contribution >= 0.6 is 11.6 Å². The van der Waals surface area contributed by atoms with E-state index in [4.69, 9.17) is 16.7 Å². The van der Waals surface area contributed by atoms with E-state index in [-0.39, 0.29) is 6.10 Å². The summed E-state index contributed by atoms with van der Waals surface area (Å²) in [6.07, 6.45) is 5.04. The second-order valence-corrected chi connectivity index (χ2v) is 3.12. The fraction of sp³-hybridized carbons (Fsp3) is 0.444. The molecule has 0 bridgehead atoms. The van der Waals surface area contributed by atoms with Crippen LogP contribution in [0.4, 0.5) is 0 Å². The van der Waals surface area contributed by atoms with E-state index in [0.717, 1.165) is 12.8 Å². The van der Waals surface area contributed by atoms with E-state index < -0.39 is 0 Å². The van der Waals surface area contributed by atoms with E-state index in [1.807, 2.05) is 12.1 Å². The Morgan fingerprint density at radius 3 is 2.25 bits per heavy atom. The van der Waals surface area contributed by atoms with E-state index in [0.29, 0.717) is 5.15 Å². The molecule has 1 heterocycles. The second-order valence-electron chi connectivity index (χ2n) is 2.74. The first-order chi connectivity index (χ1) is 5.79. The average Bonchev–Trinajstić information content (AvgIpc) is 2.04. The number of hydrogen-bond acceptors (Lipinski definition) is 2. The van der Waals surface area contributed by atoms with Crippen LogP contribution in [0.3, 0.4) is 0 Å². The van der Waals surface area contributed by atoms with Crippen molar-refractivity contribution in [1.29, 1.82) is 0 Å². The minimum absolute atomic E-state index is 0.0648. The maximum absolute atomic E-state index is 8.45. The molecule has 1 aliphatic rings. The lowest BCUT2D eigenvalue weighted by Crippen LogP contribution is -2.15. The molecule has 2 nitrogen and oxygen atoms in total. The van der Waals surface area contributed by atoms with Gasteiger partial charge in [0, 0.05) is 6.20 Å². The van der Waals surface area contributed by atoms with Crippen LogP contribution in [0.15, 0.2) is 24.4 Å². The fourth-order valence-electron chi connectivity index (χ4n) is 0.729. The highest BCUT2D eigenvalue weighted by molar-refractivity contribution is 6.29. The highest BCUT2D eigenvalue weighted by atomic mass is 35.5. The lowest BCUT2D eigenvalue weighted by Gasteiger charge is -2.17. The maximum atomic E-state index is 8.45. The van der Waals surface area contributed by atoms with E-state index in [1.54, 1.807) is 12.3 Å². The number of rotatable bonds is 0. The molecular formula is C9H12ClNO. The number of aromatic nitrogens is 1. The molecule has 1 fully saturated rings. The molecule has 0 spiro atoms. The molecule has 1 aromatic rings. The van der Waals surface area contributed by atoms with Crippen LogP contribution < -0.4 is 0 Å². The number of aliphatic hydroxyl groups excluding tert-OH is 1. The Morgan fingerprint density at radius 1 is 1.42 bits per heavy atom. The van der Waals surface area contributed by atoms with Gasteiger partial charge >= 0.3 is 0 Å². The highest BCUT2D eigenvalue weighted by Crippen LogP contribution is 2.16. The zero-order chi connectivity index (χ0) is 8.81. The molecule has 0 amide bonds. The van der Waals surface area contributed by atoms with Gasteiger partial charge < -0.3 is 5.11 Å². The SMILES string of the molecule is Clc1ccccn1.OC1CCC1. The van der Waals surface area contributed by atoms with E-state index in [1.165, 1.54) is 6.42 Å². The summed E-state index contributed by atoms with van der Waals surface area (Å²) in [6, 6.07) is 5.41. The first kappa shape index (κ1) is 9.49. The molecule has 0 saturated heterocycles. The Balaban J connectivity index is 0.000000127. The van der Waals surface area contributed by atoms with Crippen molar-refractivity contribution in [2.24, 2.45) is 0 Å². The highest BCUT2D eigenvalue weighted by Gasteiger charge is 2.11. The summed E-state index contributed by atoms with van der Waals surface area (Å²) < 4.78 is 0. The van der Waals surface area contributed by atoms with Gasteiger partial charge in [0.25, 0.3) is 0 Å². The van der Waals surface area contributed by atoms with Crippen LogP contribution in [-0.2, 0) is 0 Å². The van der Waals surface area contributed by atoms with Crippen LogP contribution in [0.1, 0.15) is 19.3 Å². The molecule has 3 heteroatoms. The van der Waals surface area contributed by atoms with Crippen molar-refractivity contribution in [2.45, 2.75) is 25.4 Å². The number of hydrogen-bond donors (Lipinski definition) is 1. The topological polar surface area (TPSA) is 33.1 Å². The summed E-state index contributed by atoms with van der Waals surface area (Å²) in [7, 11) is 0. The van der Waals surface area contributed by atoms with Crippen LogP contribution in [0.2, 0.25) is 5.15 Å². The molecule has 1 N–H and O–H groups in total. The predicted molar refractivity (Wildman–Crippen MR) is 49.1 cm³/mol. The normalized spacial score (nSPS) is 15.8. The Hall–Kier alpha value is -0.600. The van der Waals surface area contributed by atoms with Crippen molar-refractivity contribution in [1.82, 2.24) is 4.98 Å². The van der Waals surface area contributed by atoms with Crippen molar-refractivity contribution in [3.05, 3.63) is 29.5 Å². The van der Waals surface area contributed by atoms with Gasteiger partial charge in [0.15, 0.2) is 0 Å². The van der Waals surface area contributed by atoms with Crippen LogP contribution in [0.5, 0.6) is 0 Å². The molecule has 1 aliphatic carbocycles. The number of halogens is 1. The van der Waals surface area contributed by atoms with Crippen LogP contribution in [0.25, 0.3) is 0 Å². The van der Waals surface area contributed by atoms with Crippen molar-refractivity contribution in [3.63, 3.8) is 0 Å². The molecule has 2 rings (SSSR count). The van der Waals surface area contributed by atoms with Crippen LogP contribution in [0, 0.1) is 0 Å². The second kappa shape index (κ2) is 5.12. The molecule has 1 aromatic heterocycles. The zero-order valence-electron chi connectivity index (χ0n) is 6.78. The number of pyridine rings is 1. The largest absolute Gasteiger partial charge is 0.393 e. The molecule has 12 heavy (non-hydrogen) atoms. The Morgan fingerprint density at radius 2 is 2.08 bits per heavy atom. The minimum atomic E-state index is 0.0648. The van der Waals surface area contributed by atoms with Gasteiger partial charge in [-0.1, -0.05) is 17.7 Å². The summed E-state index contributed by atoms with van der Waals surface area (Å²) in [4.78, 5) is 3.74. The lowest BCUT2D eigenvalue weighted by atomic mass is 9.97. The summed E-state index contributed by atoms with van der Waals surface area (Å²) >= 11 is 5.43. The van der Waals surface area contributed by atoms with E-state index >= 15 is 0 Å². The van der Waals surface area contributed by atoms with Crippen molar-refractivity contribution in [3.8, 4) is 0 Å². The summed E-state index contributed by atoms with van der Waals surface area (Å²) in [5, 5.41) is 8.99. The smallest absolute Gasteiger partial charge is 0.129 e. The third kappa shape index (κ3) is 3.69. The summed E-state index contributed by atoms with van der Waals surface area (Å²) in [5.41, 5.74) is 0. The van der Waals surface area contributed by atoms with Gasteiger partial charge in [-0.25, -0.2) is 4.98 Å². The summed E-state index contributed by atoms with van der Waals surface area (Å²) in [5.74, 6) is 0. The van der Waals surface area contributed by atoms with Gasteiger partial charge in [-0.2, -0.15) is 0 Å². The molecular weight excluding hydrogens is 174 g/mol. The molecule has 0 atom stereocenters. The van der Waals surface area contributed by atoms with Gasteiger partial charge in [0.05, 0.1) is 6.10 Å². The Kier molecular flexibility index (Phi) is 4.05. The fourth-order valence-corrected chi connectivity index (χ4v) is 0.858. The maximum Gasteiger partial charge on any atom is 0.129 e. The first-order valence-corrected chi connectivity index (χ1v) is 4.41. The van der Waals surface area contributed by atoms with Crippen molar-refractivity contribution in [2.75, 3.05) is 0 Å². The van der Waals surface area contributed by atoms with Gasteiger partial charge in [-0.15, -0.1) is 0 Å². The lowest BCUT2D eigenvalue weighted by molar-refractivity contribution is 0.0950. The van der Waals surface area contributed by atoms with Gasteiger partial charge in [-0.05, 0) is 31.4 Å². The van der Waals surface area contributed by atoms with Gasteiger partial charge in [0.2, 0.25) is 0 Å². The first-order valence-electron chi connectivity index (χ1n) is 4.03. The quantitative estimate of drug-likeness (QED) is 0.629. The van der Waals surface area contributed by atoms with Crippen LogP contribution in [-0.4, -0.2) is 16.2 Å². The summed E-state index contributed by atoms with van der Waals surface area (Å²) in [6.45, 7) is 0. The molecule has 0 aromatic carbocycles. The zero-order valence-corrected chi connectivity index (χ0v) is 7.54. The van der Waals surface area contributed by atoms with E-state index in [2.05, 4.69) is 4.98 Å². The van der Waals surface area contributed by atoms with Crippen molar-refractivity contribution < 1.29 is 5.11 Å². The molecule has 66 valence electrons.